The van der Waals surface area contributed by atoms with Crippen LogP contribution in [0.1, 0.15) is 0 Å². The van der Waals surface area contributed by atoms with Crippen LogP contribution >= 0.6 is 0 Å². The van der Waals surface area contributed by atoms with Gasteiger partial charge in [-0.3, -0.25) is 4.57 Å². The van der Waals surface area contributed by atoms with Gasteiger partial charge in [-0.25, -0.2) is 4.98 Å². The summed E-state index contributed by atoms with van der Waals surface area (Å²) >= 11 is 0. The van der Waals surface area contributed by atoms with Crippen LogP contribution in [0.15, 0.2) is 89.6 Å². The summed E-state index contributed by atoms with van der Waals surface area (Å²) < 4.78 is 8.23. The highest BCUT2D eigenvalue weighted by molar-refractivity contribution is 6.07. The second-order valence-corrected chi connectivity index (χ2v) is 5.74. The average Bonchev–Trinajstić information content (AvgIpc) is 3.27. The van der Waals surface area contributed by atoms with Crippen LogP contribution in [-0.2, 0) is 0 Å². The number of aromatic nitrogens is 2. The summed E-state index contributed by atoms with van der Waals surface area (Å²) in [6.07, 6.45) is 3.80. The Labute approximate surface area is 138 Å². The lowest BCUT2D eigenvalue weighted by atomic mass is 10.1. The summed E-state index contributed by atoms with van der Waals surface area (Å²) in [5, 5.41) is 2.26. The van der Waals surface area contributed by atoms with Gasteiger partial charge in [0.1, 0.15) is 11.4 Å². The van der Waals surface area contributed by atoms with Crippen molar-refractivity contribution in [1.29, 1.82) is 0 Å². The number of nitrogens with zero attached hydrogens (tertiary/aromatic N) is 2. The lowest BCUT2D eigenvalue weighted by Crippen LogP contribution is -1.96. The maximum atomic E-state index is 6.15. The van der Waals surface area contributed by atoms with Crippen molar-refractivity contribution in [2.75, 3.05) is 0 Å². The monoisotopic (exact) mass is 310 g/mol. The van der Waals surface area contributed by atoms with Gasteiger partial charge in [-0.15, -0.1) is 0 Å². The fourth-order valence-electron chi connectivity index (χ4n) is 3.22. The number of benzene rings is 3. The lowest BCUT2D eigenvalue weighted by molar-refractivity contribution is 0.665. The van der Waals surface area contributed by atoms with Gasteiger partial charge in [0.25, 0.3) is 0 Å². The minimum absolute atomic E-state index is 0.883. The molecule has 0 fully saturated rings. The lowest BCUT2D eigenvalue weighted by Gasteiger charge is -2.08. The van der Waals surface area contributed by atoms with Crippen molar-refractivity contribution in [2.45, 2.75) is 0 Å². The Morgan fingerprint density at radius 1 is 0.750 bits per heavy atom. The van der Waals surface area contributed by atoms with E-state index in [1.807, 2.05) is 48.8 Å². The molecular weight excluding hydrogens is 296 g/mol. The molecule has 0 saturated carbocycles. The third kappa shape index (κ3) is 1.88. The van der Waals surface area contributed by atoms with Crippen molar-refractivity contribution in [3.63, 3.8) is 0 Å². The predicted molar refractivity (Wildman–Crippen MR) is 96.3 cm³/mol. The standard InChI is InChI=1S/C21H14N2O/c1-2-7-15(8-3-1)21-22-13-14-23(21)18-11-6-10-17-16-9-4-5-12-19(16)24-20(17)18/h1-14H. The van der Waals surface area contributed by atoms with Crippen molar-refractivity contribution >= 4 is 21.9 Å². The van der Waals surface area contributed by atoms with Crippen LogP contribution in [0.2, 0.25) is 0 Å². The minimum Gasteiger partial charge on any atom is -0.454 e. The molecule has 0 bridgehead atoms. The van der Waals surface area contributed by atoms with E-state index in [0.29, 0.717) is 0 Å². The molecule has 2 heterocycles. The van der Waals surface area contributed by atoms with Crippen LogP contribution in [0.3, 0.4) is 0 Å². The molecule has 2 aromatic heterocycles. The van der Waals surface area contributed by atoms with Crippen molar-refractivity contribution in [2.24, 2.45) is 0 Å². The van der Waals surface area contributed by atoms with E-state index in [9.17, 15) is 0 Å². The molecule has 0 aliphatic heterocycles. The van der Waals surface area contributed by atoms with Gasteiger partial charge < -0.3 is 4.42 Å². The van der Waals surface area contributed by atoms with Gasteiger partial charge in [0.15, 0.2) is 5.58 Å². The number of hydrogen-bond donors (Lipinski definition) is 0. The molecule has 0 spiro atoms. The third-order valence-corrected chi connectivity index (χ3v) is 4.32. The molecule has 0 atom stereocenters. The molecule has 0 radical (unpaired) electrons. The Morgan fingerprint density at radius 3 is 2.46 bits per heavy atom. The molecule has 0 amide bonds. The molecule has 114 valence electrons. The summed E-state index contributed by atoms with van der Waals surface area (Å²) in [7, 11) is 0. The number of fused-ring (bicyclic) bond motifs is 3. The first-order chi connectivity index (χ1) is 11.9. The molecule has 3 heteroatoms. The quantitative estimate of drug-likeness (QED) is 0.435. The number of para-hydroxylation sites is 2. The van der Waals surface area contributed by atoms with E-state index in [0.717, 1.165) is 39.0 Å². The van der Waals surface area contributed by atoms with Gasteiger partial charge in [0.05, 0.1) is 5.69 Å². The van der Waals surface area contributed by atoms with E-state index in [1.165, 1.54) is 0 Å². The zero-order chi connectivity index (χ0) is 15.9. The molecular formula is C21H14N2O. The number of hydrogen-bond acceptors (Lipinski definition) is 2. The van der Waals surface area contributed by atoms with E-state index in [4.69, 9.17) is 4.42 Å². The van der Waals surface area contributed by atoms with Crippen LogP contribution in [0.25, 0.3) is 39.0 Å². The molecule has 5 aromatic rings. The first-order valence-corrected chi connectivity index (χ1v) is 7.91. The highest BCUT2D eigenvalue weighted by Gasteiger charge is 2.14. The molecule has 0 N–H and O–H groups in total. The maximum Gasteiger partial charge on any atom is 0.159 e. The average molecular weight is 310 g/mol. The van der Waals surface area contributed by atoms with E-state index < -0.39 is 0 Å². The second kappa shape index (κ2) is 5.10. The molecule has 0 unspecified atom stereocenters. The number of imidazole rings is 1. The van der Waals surface area contributed by atoms with E-state index in [2.05, 4.69) is 45.9 Å². The van der Waals surface area contributed by atoms with E-state index >= 15 is 0 Å². The van der Waals surface area contributed by atoms with Crippen LogP contribution in [0, 0.1) is 0 Å². The summed E-state index contributed by atoms with van der Waals surface area (Å²) in [6.45, 7) is 0. The fourth-order valence-corrected chi connectivity index (χ4v) is 3.22. The molecule has 0 aliphatic rings. The smallest absolute Gasteiger partial charge is 0.159 e. The largest absolute Gasteiger partial charge is 0.454 e. The Morgan fingerprint density at radius 2 is 1.54 bits per heavy atom. The summed E-state index contributed by atoms with van der Waals surface area (Å²) in [4.78, 5) is 4.54. The topological polar surface area (TPSA) is 31.0 Å². The number of furan rings is 1. The first kappa shape index (κ1) is 13.1. The van der Waals surface area contributed by atoms with Gasteiger partial charge in [0.2, 0.25) is 0 Å². The van der Waals surface area contributed by atoms with E-state index in [-0.39, 0.29) is 0 Å². The van der Waals surface area contributed by atoms with Crippen molar-refractivity contribution in [1.82, 2.24) is 9.55 Å². The zero-order valence-electron chi connectivity index (χ0n) is 12.9. The summed E-state index contributed by atoms with van der Waals surface area (Å²) in [6, 6.07) is 24.6. The van der Waals surface area contributed by atoms with E-state index in [1.54, 1.807) is 0 Å². The first-order valence-electron chi connectivity index (χ1n) is 7.91. The molecule has 24 heavy (non-hydrogen) atoms. The molecule has 5 rings (SSSR count). The molecule has 0 saturated heterocycles. The summed E-state index contributed by atoms with van der Waals surface area (Å²) in [5.74, 6) is 0.906. The Hall–Kier alpha value is -3.33. The van der Waals surface area contributed by atoms with Crippen LogP contribution in [0.4, 0.5) is 0 Å². The van der Waals surface area contributed by atoms with Crippen molar-refractivity contribution < 1.29 is 4.42 Å². The zero-order valence-corrected chi connectivity index (χ0v) is 12.9. The SMILES string of the molecule is c1ccc(-c2nccn2-c2cccc3c2oc2ccccc23)cc1. The fraction of sp³-hybridized carbons (Fsp3) is 0. The number of rotatable bonds is 2. The Bertz CT molecular complexity index is 1150. The Balaban J connectivity index is 1.81. The molecule has 3 aromatic carbocycles. The maximum absolute atomic E-state index is 6.15. The van der Waals surface area contributed by atoms with Gasteiger partial charge in [0, 0.05) is 28.7 Å². The summed E-state index contributed by atoms with van der Waals surface area (Å²) in [5.41, 5.74) is 3.87. The highest BCUT2D eigenvalue weighted by Crippen LogP contribution is 2.33. The van der Waals surface area contributed by atoms with Crippen molar-refractivity contribution in [3.8, 4) is 17.1 Å². The Kier molecular flexibility index (Phi) is 2.79. The minimum atomic E-state index is 0.883. The van der Waals surface area contributed by atoms with Gasteiger partial charge in [-0.2, -0.15) is 0 Å². The third-order valence-electron chi connectivity index (χ3n) is 4.32. The van der Waals surface area contributed by atoms with Gasteiger partial charge in [-0.1, -0.05) is 60.7 Å². The second-order valence-electron chi connectivity index (χ2n) is 5.74. The normalized spacial score (nSPS) is 11.3. The van der Waals surface area contributed by atoms with Crippen molar-refractivity contribution in [3.05, 3.63) is 85.2 Å². The van der Waals surface area contributed by atoms with Crippen LogP contribution < -0.4 is 0 Å². The molecule has 3 nitrogen and oxygen atoms in total. The van der Waals surface area contributed by atoms with Gasteiger partial charge >= 0.3 is 0 Å². The van der Waals surface area contributed by atoms with Crippen LogP contribution in [-0.4, -0.2) is 9.55 Å². The van der Waals surface area contributed by atoms with Gasteiger partial charge in [-0.05, 0) is 12.1 Å². The van der Waals surface area contributed by atoms with Crippen LogP contribution in [0.5, 0.6) is 0 Å². The molecule has 0 aliphatic carbocycles. The predicted octanol–water partition coefficient (Wildman–Crippen LogP) is 5.44. The highest BCUT2D eigenvalue weighted by atomic mass is 16.3.